The van der Waals surface area contributed by atoms with Gasteiger partial charge in [0, 0.05) is 31.4 Å². The minimum atomic E-state index is -5.08. The van der Waals surface area contributed by atoms with Crippen LogP contribution in [0.2, 0.25) is 0 Å². The monoisotopic (exact) mass is 569 g/mol. The van der Waals surface area contributed by atoms with Crippen LogP contribution < -0.4 is 4.90 Å². The Balaban J connectivity index is 0.000000317. The number of alkyl halides is 6. The molecule has 2 aromatic rings. The Bertz CT molecular complexity index is 1020. The Morgan fingerprint density at radius 1 is 0.897 bits per heavy atom. The number of aromatic nitrogens is 3. The summed E-state index contributed by atoms with van der Waals surface area (Å²) in [6.07, 6.45) is -4.60. The molecule has 3 N–H and O–H groups in total. The van der Waals surface area contributed by atoms with Crippen LogP contribution in [0.1, 0.15) is 25.0 Å². The number of carbonyl (C=O) groups is 2. The van der Waals surface area contributed by atoms with E-state index in [2.05, 4.69) is 50.4 Å². The number of hydrogen-bond acceptors (Lipinski definition) is 7. The van der Waals surface area contributed by atoms with Gasteiger partial charge >= 0.3 is 24.3 Å². The molecule has 2 aliphatic rings. The van der Waals surface area contributed by atoms with Crippen LogP contribution in [-0.2, 0) is 22.7 Å². The average Bonchev–Trinajstić information content (AvgIpc) is 3.55. The molecule has 0 saturated carbocycles. The van der Waals surface area contributed by atoms with Crippen molar-refractivity contribution in [2.45, 2.75) is 50.8 Å². The maximum absolute atomic E-state index is 10.6. The van der Waals surface area contributed by atoms with Gasteiger partial charge in [-0.25, -0.2) is 9.59 Å². The third kappa shape index (κ3) is 10.7. The number of para-hydroxylation sites is 1. The van der Waals surface area contributed by atoms with Crippen LogP contribution in [0.15, 0.2) is 36.5 Å². The van der Waals surface area contributed by atoms with E-state index in [0.717, 1.165) is 19.6 Å². The SMILES string of the molecule is O=C(O)C(F)(F)F.O=C(O)C(F)(F)F.OCc1cn(CC2CCN(C3CCN(c4ccccc4)C3)CC2)nn1. The molecule has 2 saturated heterocycles. The van der Waals surface area contributed by atoms with Gasteiger partial charge in [-0.15, -0.1) is 5.10 Å². The number of aliphatic hydroxyl groups excluding tert-OH is 1. The summed E-state index contributed by atoms with van der Waals surface area (Å²) in [6.45, 7) is 5.56. The molecule has 1 aromatic carbocycles. The number of benzene rings is 1. The molecule has 0 radical (unpaired) electrons. The standard InChI is InChI=1S/C19H27N5O.2C2HF3O2/c25-15-17-13-24(21-20-17)12-16-6-9-22(10-7-16)19-8-11-23(14-19)18-4-2-1-3-5-18;2*3-2(4,5)1(6)7/h1-5,13,16,19,25H,6-12,14-15H2;2*(H,6,7). The Labute approximate surface area is 219 Å². The van der Waals surface area contributed by atoms with Crippen molar-refractivity contribution in [2.24, 2.45) is 5.92 Å². The van der Waals surface area contributed by atoms with E-state index in [-0.39, 0.29) is 6.61 Å². The first-order chi connectivity index (χ1) is 18.2. The molecule has 10 nitrogen and oxygen atoms in total. The number of nitrogens with zero attached hydrogens (tertiary/aromatic N) is 5. The summed E-state index contributed by atoms with van der Waals surface area (Å²) in [5, 5.41) is 31.4. The fraction of sp³-hybridized carbons (Fsp3) is 0.565. The second-order valence-corrected chi connectivity index (χ2v) is 8.90. The Morgan fingerprint density at radius 2 is 1.44 bits per heavy atom. The molecule has 0 aliphatic carbocycles. The Kier molecular flexibility index (Phi) is 11.5. The minimum absolute atomic E-state index is 0.0297. The molecule has 218 valence electrons. The van der Waals surface area contributed by atoms with Crippen molar-refractivity contribution in [1.82, 2.24) is 19.9 Å². The average molecular weight is 570 g/mol. The van der Waals surface area contributed by atoms with Crippen molar-refractivity contribution >= 4 is 17.6 Å². The summed E-state index contributed by atoms with van der Waals surface area (Å²) in [5.41, 5.74) is 2.01. The summed E-state index contributed by atoms with van der Waals surface area (Å²) in [7, 11) is 0. The highest BCUT2D eigenvalue weighted by atomic mass is 19.4. The largest absolute Gasteiger partial charge is 0.490 e. The maximum Gasteiger partial charge on any atom is 0.490 e. The van der Waals surface area contributed by atoms with E-state index in [4.69, 9.17) is 24.9 Å². The predicted octanol–water partition coefficient (Wildman–Crippen LogP) is 3.03. The Hall–Kier alpha value is -3.40. The number of piperidine rings is 1. The number of hydrogen-bond donors (Lipinski definition) is 3. The summed E-state index contributed by atoms with van der Waals surface area (Å²) >= 11 is 0. The van der Waals surface area contributed by atoms with Crippen molar-refractivity contribution in [3.63, 3.8) is 0 Å². The number of halogens is 6. The summed E-state index contributed by atoms with van der Waals surface area (Å²) in [5.74, 6) is -4.85. The molecular formula is C23H29F6N5O5. The lowest BCUT2D eigenvalue weighted by Gasteiger charge is -2.36. The van der Waals surface area contributed by atoms with Crippen LogP contribution in [-0.4, -0.2) is 91.7 Å². The van der Waals surface area contributed by atoms with Crippen molar-refractivity contribution in [1.29, 1.82) is 0 Å². The molecule has 39 heavy (non-hydrogen) atoms. The lowest BCUT2D eigenvalue weighted by molar-refractivity contribution is -0.193. The number of carboxylic acid groups (broad SMARTS) is 2. The molecule has 1 aromatic heterocycles. The number of aliphatic carboxylic acids is 2. The van der Waals surface area contributed by atoms with E-state index in [1.54, 1.807) is 0 Å². The number of carboxylic acids is 2. The van der Waals surface area contributed by atoms with Crippen LogP contribution in [0.25, 0.3) is 0 Å². The summed E-state index contributed by atoms with van der Waals surface area (Å²) in [6, 6.07) is 11.5. The molecule has 4 rings (SSSR count). The fourth-order valence-electron chi connectivity index (χ4n) is 4.18. The summed E-state index contributed by atoms with van der Waals surface area (Å²) < 4.78 is 65.4. The van der Waals surface area contributed by atoms with E-state index in [9.17, 15) is 26.3 Å². The van der Waals surface area contributed by atoms with Gasteiger partial charge < -0.3 is 20.2 Å². The molecule has 2 aliphatic heterocycles. The zero-order valence-corrected chi connectivity index (χ0v) is 20.6. The second-order valence-electron chi connectivity index (χ2n) is 8.90. The molecular weight excluding hydrogens is 540 g/mol. The second kappa shape index (κ2) is 14.1. The van der Waals surface area contributed by atoms with Gasteiger partial charge in [-0.05, 0) is 50.4 Å². The zero-order chi connectivity index (χ0) is 29.2. The third-order valence-corrected chi connectivity index (χ3v) is 6.13. The van der Waals surface area contributed by atoms with Crippen molar-refractivity contribution in [2.75, 3.05) is 31.1 Å². The highest BCUT2D eigenvalue weighted by molar-refractivity contribution is 5.73. The zero-order valence-electron chi connectivity index (χ0n) is 20.6. The lowest BCUT2D eigenvalue weighted by atomic mass is 9.95. The summed E-state index contributed by atoms with van der Waals surface area (Å²) in [4.78, 5) is 23.0. The highest BCUT2D eigenvalue weighted by Gasteiger charge is 2.39. The van der Waals surface area contributed by atoms with Gasteiger partial charge in [0.05, 0.1) is 12.8 Å². The van der Waals surface area contributed by atoms with Crippen molar-refractivity contribution in [3.8, 4) is 0 Å². The van der Waals surface area contributed by atoms with Gasteiger partial charge in [0.2, 0.25) is 0 Å². The van der Waals surface area contributed by atoms with Crippen molar-refractivity contribution in [3.05, 3.63) is 42.2 Å². The van der Waals surface area contributed by atoms with E-state index < -0.39 is 24.3 Å². The molecule has 16 heteroatoms. The smallest absolute Gasteiger partial charge is 0.475 e. The number of rotatable bonds is 5. The van der Waals surface area contributed by atoms with Crippen LogP contribution in [0.4, 0.5) is 32.0 Å². The number of likely N-dealkylation sites (tertiary alicyclic amines) is 1. The van der Waals surface area contributed by atoms with E-state index >= 15 is 0 Å². The number of anilines is 1. The molecule has 1 unspecified atom stereocenters. The van der Waals surface area contributed by atoms with Crippen molar-refractivity contribution < 1.29 is 51.3 Å². The van der Waals surface area contributed by atoms with E-state index in [0.29, 0.717) is 17.7 Å². The van der Waals surface area contributed by atoms with Gasteiger partial charge in [0.15, 0.2) is 0 Å². The van der Waals surface area contributed by atoms with Gasteiger partial charge in [-0.3, -0.25) is 9.58 Å². The number of aliphatic hydroxyl groups is 1. The molecule has 0 spiro atoms. The lowest BCUT2D eigenvalue weighted by Crippen LogP contribution is -2.43. The van der Waals surface area contributed by atoms with Gasteiger partial charge in [-0.2, -0.15) is 26.3 Å². The topological polar surface area (TPSA) is 132 Å². The third-order valence-electron chi connectivity index (χ3n) is 6.13. The van der Waals surface area contributed by atoms with E-state index in [1.807, 2.05) is 10.9 Å². The quantitative estimate of drug-likeness (QED) is 0.465. The first kappa shape index (κ1) is 31.8. The molecule has 0 bridgehead atoms. The predicted molar refractivity (Wildman–Crippen MR) is 125 cm³/mol. The maximum atomic E-state index is 10.6. The molecule has 0 amide bonds. The van der Waals surface area contributed by atoms with Gasteiger partial charge in [0.1, 0.15) is 5.69 Å². The van der Waals surface area contributed by atoms with Crippen LogP contribution in [0, 0.1) is 5.92 Å². The van der Waals surface area contributed by atoms with Crippen LogP contribution >= 0.6 is 0 Å². The highest BCUT2D eigenvalue weighted by Crippen LogP contribution is 2.27. The van der Waals surface area contributed by atoms with Crippen LogP contribution in [0.5, 0.6) is 0 Å². The molecule has 1 atom stereocenters. The normalized spacial score (nSPS) is 18.5. The van der Waals surface area contributed by atoms with Gasteiger partial charge in [0.25, 0.3) is 0 Å². The fourth-order valence-corrected chi connectivity index (χ4v) is 4.18. The van der Waals surface area contributed by atoms with Gasteiger partial charge in [-0.1, -0.05) is 23.4 Å². The first-order valence-corrected chi connectivity index (χ1v) is 11.8. The molecule has 2 fully saturated rings. The van der Waals surface area contributed by atoms with E-state index in [1.165, 1.54) is 38.0 Å². The van der Waals surface area contributed by atoms with Crippen LogP contribution in [0.3, 0.4) is 0 Å². The first-order valence-electron chi connectivity index (χ1n) is 11.8. The Morgan fingerprint density at radius 3 is 1.90 bits per heavy atom. The minimum Gasteiger partial charge on any atom is -0.475 e. The molecule has 3 heterocycles.